The molecule has 1 unspecified atom stereocenters. The lowest BCUT2D eigenvalue weighted by molar-refractivity contribution is -0.115. The van der Waals surface area contributed by atoms with E-state index >= 15 is 0 Å². The molecule has 0 radical (unpaired) electrons. The number of amides is 1. The largest absolute Gasteiger partial charge is 0.493 e. The van der Waals surface area contributed by atoms with Gasteiger partial charge in [0.1, 0.15) is 11.8 Å². The summed E-state index contributed by atoms with van der Waals surface area (Å²) >= 11 is 1.59. The first-order valence-electron chi connectivity index (χ1n) is 10.7. The molecule has 1 aliphatic heterocycles. The molecule has 0 saturated heterocycles. The molecule has 1 aromatic heterocycles. The van der Waals surface area contributed by atoms with Crippen LogP contribution in [0.15, 0.2) is 71.0 Å². The average Bonchev–Trinajstić information content (AvgIpc) is 3.20. The molecule has 0 fully saturated rings. The lowest BCUT2D eigenvalue weighted by Crippen LogP contribution is -2.31. The molecular formula is C24H27N5O2S. The Morgan fingerprint density at radius 3 is 2.62 bits per heavy atom. The number of fused-ring (bicyclic) bond motifs is 1. The van der Waals surface area contributed by atoms with Gasteiger partial charge in [-0.05, 0) is 36.6 Å². The Morgan fingerprint density at radius 1 is 1.19 bits per heavy atom. The van der Waals surface area contributed by atoms with E-state index in [1.165, 1.54) is 5.56 Å². The number of primary amides is 1. The number of thioether (sulfide) groups is 1. The highest BCUT2D eigenvalue weighted by Crippen LogP contribution is 2.36. The van der Waals surface area contributed by atoms with Gasteiger partial charge in [-0.25, -0.2) is 4.68 Å². The minimum atomic E-state index is -0.480. The van der Waals surface area contributed by atoms with E-state index in [-0.39, 0.29) is 0 Å². The van der Waals surface area contributed by atoms with Crippen LogP contribution in [0, 0.1) is 0 Å². The average molecular weight is 450 g/mol. The van der Waals surface area contributed by atoms with Crippen molar-refractivity contribution in [1.29, 1.82) is 0 Å². The molecular weight excluding hydrogens is 422 g/mol. The van der Waals surface area contributed by atoms with Crippen molar-refractivity contribution in [3.05, 3.63) is 77.0 Å². The van der Waals surface area contributed by atoms with Gasteiger partial charge in [0.05, 0.1) is 12.2 Å². The van der Waals surface area contributed by atoms with Gasteiger partial charge in [-0.15, -0.1) is 5.10 Å². The summed E-state index contributed by atoms with van der Waals surface area (Å²) in [4.78, 5) is 16.9. The number of carbonyl (C=O) groups excluding carboxylic acids is 1. The molecule has 0 aliphatic carbocycles. The number of nitrogens with two attached hydrogens (primary N) is 1. The topological polar surface area (TPSA) is 95.1 Å². The summed E-state index contributed by atoms with van der Waals surface area (Å²) in [6.07, 6.45) is 1.87. The van der Waals surface area contributed by atoms with Crippen LogP contribution in [0.4, 0.5) is 5.95 Å². The lowest BCUT2D eigenvalue weighted by Gasteiger charge is -2.27. The summed E-state index contributed by atoms with van der Waals surface area (Å²) in [5.41, 5.74) is 9.06. The highest BCUT2D eigenvalue weighted by molar-refractivity contribution is 7.99. The first-order valence-corrected chi connectivity index (χ1v) is 11.7. The van der Waals surface area contributed by atoms with Gasteiger partial charge in [-0.2, -0.15) is 4.98 Å². The van der Waals surface area contributed by atoms with E-state index in [1.54, 1.807) is 16.4 Å². The van der Waals surface area contributed by atoms with Gasteiger partial charge in [0.25, 0.3) is 0 Å². The first-order chi connectivity index (χ1) is 15.6. The van der Waals surface area contributed by atoms with Crippen molar-refractivity contribution in [2.45, 2.75) is 37.9 Å². The van der Waals surface area contributed by atoms with E-state index in [0.29, 0.717) is 29.0 Å². The van der Waals surface area contributed by atoms with E-state index in [1.807, 2.05) is 49.4 Å². The smallest absolute Gasteiger partial charge is 0.248 e. The summed E-state index contributed by atoms with van der Waals surface area (Å²) in [5, 5.41) is 8.50. The minimum absolute atomic E-state index is 0.439. The number of benzene rings is 2. The van der Waals surface area contributed by atoms with Crippen molar-refractivity contribution in [3.63, 3.8) is 0 Å². The first kappa shape index (κ1) is 22.0. The second-order valence-corrected chi connectivity index (χ2v) is 8.66. The normalized spacial score (nSPS) is 15.2. The molecule has 7 nitrogen and oxygen atoms in total. The van der Waals surface area contributed by atoms with Gasteiger partial charge >= 0.3 is 0 Å². The molecule has 166 valence electrons. The van der Waals surface area contributed by atoms with Crippen LogP contribution < -0.4 is 15.8 Å². The van der Waals surface area contributed by atoms with E-state index in [2.05, 4.69) is 34.5 Å². The van der Waals surface area contributed by atoms with Crippen LogP contribution >= 0.6 is 11.8 Å². The van der Waals surface area contributed by atoms with E-state index in [4.69, 9.17) is 10.5 Å². The van der Waals surface area contributed by atoms with Gasteiger partial charge in [0, 0.05) is 17.9 Å². The zero-order valence-electron chi connectivity index (χ0n) is 18.2. The summed E-state index contributed by atoms with van der Waals surface area (Å²) in [5.74, 6) is 1.84. The van der Waals surface area contributed by atoms with Gasteiger partial charge in [0.15, 0.2) is 0 Å². The van der Waals surface area contributed by atoms with Gasteiger partial charge in [-0.3, -0.25) is 4.79 Å². The minimum Gasteiger partial charge on any atom is -0.493 e. The predicted octanol–water partition coefficient (Wildman–Crippen LogP) is 4.18. The number of aromatic nitrogens is 3. The molecule has 2 heterocycles. The Morgan fingerprint density at radius 2 is 1.94 bits per heavy atom. The Labute approximate surface area is 192 Å². The monoisotopic (exact) mass is 449 g/mol. The fraction of sp³-hybridized carbons (Fsp3) is 0.292. The van der Waals surface area contributed by atoms with E-state index in [9.17, 15) is 4.79 Å². The van der Waals surface area contributed by atoms with E-state index < -0.39 is 11.9 Å². The molecule has 1 aliphatic rings. The number of nitrogens with one attached hydrogen (secondary N) is 1. The van der Waals surface area contributed by atoms with Crippen LogP contribution in [-0.4, -0.2) is 33.0 Å². The Balaban J connectivity index is 1.55. The number of ether oxygens (including phenoxy) is 1. The Hall–Kier alpha value is -3.26. The van der Waals surface area contributed by atoms with Crippen molar-refractivity contribution in [2.24, 2.45) is 5.73 Å². The number of allylic oxidation sites excluding steroid dienone is 1. The second kappa shape index (κ2) is 9.91. The Bertz CT molecular complexity index is 1110. The number of rotatable bonds is 9. The standard InChI is InChI=1S/C24H27N5O2S/c1-3-15-32-24-27-23-26-16(2)20(22(25)30)21(29(23)28-24)18-9-11-19(12-10-18)31-14-13-17-7-5-4-6-8-17/h4-12,21H,3,13-15H2,1-2H3,(H2,25,30)(H,26,27,28). The van der Waals surface area contributed by atoms with Crippen molar-refractivity contribution in [1.82, 2.24) is 14.8 Å². The zero-order valence-corrected chi connectivity index (χ0v) is 19.1. The van der Waals surface area contributed by atoms with Crippen LogP contribution in [0.5, 0.6) is 5.75 Å². The summed E-state index contributed by atoms with van der Waals surface area (Å²) in [7, 11) is 0. The van der Waals surface area contributed by atoms with Crippen molar-refractivity contribution in [2.75, 3.05) is 17.7 Å². The third-order valence-electron chi connectivity index (χ3n) is 5.23. The third-order valence-corrected chi connectivity index (χ3v) is 6.28. The molecule has 1 amide bonds. The van der Waals surface area contributed by atoms with Crippen molar-refractivity contribution in [3.8, 4) is 5.75 Å². The number of nitrogens with zero attached hydrogens (tertiary/aromatic N) is 3. The Kier molecular flexibility index (Phi) is 6.80. The summed E-state index contributed by atoms with van der Waals surface area (Å²) in [6, 6.07) is 17.5. The van der Waals surface area contributed by atoms with Gasteiger partial charge in [-0.1, -0.05) is 61.2 Å². The van der Waals surface area contributed by atoms with Crippen molar-refractivity contribution < 1.29 is 9.53 Å². The van der Waals surface area contributed by atoms with Gasteiger partial charge < -0.3 is 15.8 Å². The van der Waals surface area contributed by atoms with Gasteiger partial charge in [0.2, 0.25) is 17.0 Å². The molecule has 1 atom stereocenters. The SMILES string of the molecule is CCCSc1nc2n(n1)C(c1ccc(OCCc3ccccc3)cc1)C(C(N)=O)=C(C)N2. The van der Waals surface area contributed by atoms with E-state index in [0.717, 1.165) is 29.9 Å². The van der Waals surface area contributed by atoms with Crippen LogP contribution in [0.3, 0.4) is 0 Å². The van der Waals surface area contributed by atoms with Crippen LogP contribution in [0.25, 0.3) is 0 Å². The molecule has 0 spiro atoms. The zero-order chi connectivity index (χ0) is 22.5. The fourth-order valence-electron chi connectivity index (χ4n) is 3.69. The molecule has 3 N–H and O–H groups in total. The highest BCUT2D eigenvalue weighted by atomic mass is 32.2. The maximum absolute atomic E-state index is 12.3. The highest BCUT2D eigenvalue weighted by Gasteiger charge is 2.33. The lowest BCUT2D eigenvalue weighted by atomic mass is 9.95. The fourth-order valence-corrected chi connectivity index (χ4v) is 4.37. The molecule has 8 heteroatoms. The van der Waals surface area contributed by atoms with Crippen molar-refractivity contribution >= 4 is 23.6 Å². The third kappa shape index (κ3) is 4.80. The number of anilines is 1. The maximum atomic E-state index is 12.3. The van der Waals surface area contributed by atoms with Crippen LogP contribution in [0.1, 0.15) is 37.4 Å². The molecule has 0 bridgehead atoms. The summed E-state index contributed by atoms with van der Waals surface area (Å²) in [6.45, 7) is 4.54. The van der Waals surface area contributed by atoms with Crippen LogP contribution in [-0.2, 0) is 11.2 Å². The molecule has 2 aromatic carbocycles. The second-order valence-electron chi connectivity index (χ2n) is 7.59. The molecule has 3 aromatic rings. The number of hydrogen-bond acceptors (Lipinski definition) is 6. The molecule has 0 saturated carbocycles. The number of hydrogen-bond donors (Lipinski definition) is 2. The molecule has 4 rings (SSSR count). The molecule has 32 heavy (non-hydrogen) atoms. The quantitative estimate of drug-likeness (QED) is 0.476. The predicted molar refractivity (Wildman–Crippen MR) is 127 cm³/mol. The number of carbonyl (C=O) groups is 1. The maximum Gasteiger partial charge on any atom is 0.248 e. The summed E-state index contributed by atoms with van der Waals surface area (Å²) < 4.78 is 7.66. The van der Waals surface area contributed by atoms with Crippen LogP contribution in [0.2, 0.25) is 0 Å².